The molecule has 0 spiro atoms. The topological polar surface area (TPSA) is 37.8 Å². The molecule has 1 aromatic heterocycles. The number of halogens is 2. The van der Waals surface area contributed by atoms with Gasteiger partial charge in [-0.3, -0.25) is 0 Å². The van der Waals surface area contributed by atoms with Crippen LogP contribution in [0.2, 0.25) is 10.4 Å². The van der Waals surface area contributed by atoms with Crippen molar-refractivity contribution in [3.05, 3.63) is 28.7 Å². The summed E-state index contributed by atoms with van der Waals surface area (Å²) in [5, 5.41) is 3.55. The van der Waals surface area contributed by atoms with Crippen molar-refractivity contribution in [1.82, 2.24) is 9.97 Å². The number of nitrogens with zero attached hydrogens (tertiary/aromatic N) is 2. The summed E-state index contributed by atoms with van der Waals surface area (Å²) in [6.45, 7) is 2.78. The summed E-state index contributed by atoms with van der Waals surface area (Å²) in [7, 11) is 0. The molecule has 1 heterocycles. The van der Waals surface area contributed by atoms with E-state index in [0.717, 1.165) is 6.42 Å². The van der Waals surface area contributed by atoms with Crippen LogP contribution in [0, 0.1) is 0 Å². The molecule has 0 aromatic carbocycles. The first-order valence-corrected chi connectivity index (χ1v) is 5.07. The summed E-state index contributed by atoms with van der Waals surface area (Å²) < 4.78 is 0. The van der Waals surface area contributed by atoms with Crippen molar-refractivity contribution in [2.75, 3.05) is 11.9 Å². The standard InChI is InChI=1S/C9H11Cl2N3/c1-2-3-4-5-12-8-6-7(10)13-9(11)14-8/h3-4,6H,2,5H2,1H3,(H,12,13,14)/b4-3+. The largest absolute Gasteiger partial charge is 0.366 e. The molecule has 0 aliphatic carbocycles. The highest BCUT2D eigenvalue weighted by Gasteiger charge is 1.98. The predicted octanol–water partition coefficient (Wildman–Crippen LogP) is 3.16. The maximum atomic E-state index is 5.70. The second kappa shape index (κ2) is 5.83. The molecule has 76 valence electrons. The number of rotatable bonds is 4. The quantitative estimate of drug-likeness (QED) is 0.492. The minimum absolute atomic E-state index is 0.152. The molecular formula is C9H11Cl2N3. The molecule has 0 radical (unpaired) electrons. The Kier molecular flexibility index (Phi) is 4.70. The molecule has 0 bridgehead atoms. The van der Waals surface area contributed by atoms with Crippen molar-refractivity contribution >= 4 is 29.0 Å². The second-order valence-electron chi connectivity index (χ2n) is 2.61. The van der Waals surface area contributed by atoms with Gasteiger partial charge in [0.1, 0.15) is 11.0 Å². The lowest BCUT2D eigenvalue weighted by Crippen LogP contribution is -2.01. The highest BCUT2D eigenvalue weighted by atomic mass is 35.5. The molecule has 0 unspecified atom stereocenters. The summed E-state index contributed by atoms with van der Waals surface area (Å²) in [6, 6.07) is 1.63. The molecule has 1 rings (SSSR count). The first-order chi connectivity index (χ1) is 6.72. The van der Waals surface area contributed by atoms with Gasteiger partial charge in [-0.2, -0.15) is 0 Å². The average molecular weight is 232 g/mol. The lowest BCUT2D eigenvalue weighted by atomic mass is 10.4. The SMILES string of the molecule is CC/C=C/CNc1cc(Cl)nc(Cl)n1. The summed E-state index contributed by atoms with van der Waals surface area (Å²) in [4.78, 5) is 7.70. The predicted molar refractivity (Wildman–Crippen MR) is 60.0 cm³/mol. The molecule has 0 saturated heterocycles. The monoisotopic (exact) mass is 231 g/mol. The van der Waals surface area contributed by atoms with Gasteiger partial charge in [0, 0.05) is 12.6 Å². The average Bonchev–Trinajstić information content (AvgIpc) is 2.11. The molecule has 1 aromatic rings. The highest BCUT2D eigenvalue weighted by Crippen LogP contribution is 2.13. The number of allylic oxidation sites excluding steroid dienone is 1. The number of hydrogen-bond donors (Lipinski definition) is 1. The van der Waals surface area contributed by atoms with Gasteiger partial charge < -0.3 is 5.32 Å². The Morgan fingerprint density at radius 2 is 2.14 bits per heavy atom. The number of nitrogens with one attached hydrogen (secondary N) is 1. The van der Waals surface area contributed by atoms with Crippen LogP contribution in [-0.4, -0.2) is 16.5 Å². The zero-order valence-corrected chi connectivity index (χ0v) is 9.31. The lowest BCUT2D eigenvalue weighted by molar-refractivity contribution is 1.13. The molecule has 0 aliphatic heterocycles. The van der Waals surface area contributed by atoms with Crippen molar-refractivity contribution in [3.63, 3.8) is 0 Å². The maximum Gasteiger partial charge on any atom is 0.225 e. The van der Waals surface area contributed by atoms with Crippen LogP contribution in [0.4, 0.5) is 5.82 Å². The molecule has 3 nitrogen and oxygen atoms in total. The van der Waals surface area contributed by atoms with Gasteiger partial charge in [-0.25, -0.2) is 9.97 Å². The first-order valence-electron chi connectivity index (χ1n) is 4.31. The van der Waals surface area contributed by atoms with Crippen LogP contribution >= 0.6 is 23.2 Å². The summed E-state index contributed by atoms with van der Waals surface area (Å²) >= 11 is 11.3. The Hall–Kier alpha value is -0.800. The van der Waals surface area contributed by atoms with E-state index >= 15 is 0 Å². The normalized spacial score (nSPS) is 10.8. The van der Waals surface area contributed by atoms with E-state index < -0.39 is 0 Å². The molecule has 1 N–H and O–H groups in total. The van der Waals surface area contributed by atoms with Crippen LogP contribution < -0.4 is 5.32 Å². The maximum absolute atomic E-state index is 5.70. The fraction of sp³-hybridized carbons (Fsp3) is 0.333. The number of aromatic nitrogens is 2. The van der Waals surface area contributed by atoms with E-state index in [1.54, 1.807) is 6.07 Å². The Bertz CT molecular complexity index is 306. The van der Waals surface area contributed by atoms with Crippen LogP contribution in [-0.2, 0) is 0 Å². The van der Waals surface area contributed by atoms with E-state index in [-0.39, 0.29) is 5.28 Å². The van der Waals surface area contributed by atoms with Gasteiger partial charge in [-0.1, -0.05) is 30.7 Å². The summed E-state index contributed by atoms with van der Waals surface area (Å²) in [5.41, 5.74) is 0. The van der Waals surface area contributed by atoms with E-state index in [1.807, 2.05) is 6.08 Å². The van der Waals surface area contributed by atoms with Crippen LogP contribution in [0.5, 0.6) is 0 Å². The Labute approximate surface area is 93.2 Å². The Balaban J connectivity index is 2.54. The van der Waals surface area contributed by atoms with Crippen LogP contribution in [0.15, 0.2) is 18.2 Å². The molecule has 5 heteroatoms. The third-order valence-electron chi connectivity index (χ3n) is 1.47. The molecule has 14 heavy (non-hydrogen) atoms. The van der Waals surface area contributed by atoms with Crippen molar-refractivity contribution < 1.29 is 0 Å². The number of hydrogen-bond acceptors (Lipinski definition) is 3. The van der Waals surface area contributed by atoms with E-state index in [4.69, 9.17) is 23.2 Å². The van der Waals surface area contributed by atoms with E-state index in [9.17, 15) is 0 Å². The van der Waals surface area contributed by atoms with E-state index in [1.165, 1.54) is 0 Å². The molecule has 0 saturated carbocycles. The highest BCUT2D eigenvalue weighted by molar-refractivity contribution is 6.32. The first kappa shape index (κ1) is 11.3. The second-order valence-corrected chi connectivity index (χ2v) is 3.33. The fourth-order valence-electron chi connectivity index (χ4n) is 0.894. The summed E-state index contributed by atoms with van der Waals surface area (Å²) in [6.07, 6.45) is 5.11. The van der Waals surface area contributed by atoms with Gasteiger partial charge in [0.2, 0.25) is 5.28 Å². The molecule has 0 aliphatic rings. The van der Waals surface area contributed by atoms with Gasteiger partial charge >= 0.3 is 0 Å². The van der Waals surface area contributed by atoms with Gasteiger partial charge in [0.05, 0.1) is 0 Å². The third kappa shape index (κ3) is 3.94. The van der Waals surface area contributed by atoms with E-state index in [2.05, 4.69) is 28.3 Å². The van der Waals surface area contributed by atoms with Gasteiger partial charge in [0.15, 0.2) is 0 Å². The van der Waals surface area contributed by atoms with Gasteiger partial charge in [-0.15, -0.1) is 0 Å². The fourth-order valence-corrected chi connectivity index (χ4v) is 1.30. The van der Waals surface area contributed by atoms with Crippen molar-refractivity contribution in [2.24, 2.45) is 0 Å². The summed E-state index contributed by atoms with van der Waals surface area (Å²) in [5.74, 6) is 0.635. The van der Waals surface area contributed by atoms with Crippen LogP contribution in [0.3, 0.4) is 0 Å². The van der Waals surface area contributed by atoms with Crippen molar-refractivity contribution in [1.29, 1.82) is 0 Å². The van der Waals surface area contributed by atoms with Gasteiger partial charge in [0.25, 0.3) is 0 Å². The van der Waals surface area contributed by atoms with Crippen LogP contribution in [0.1, 0.15) is 13.3 Å². The lowest BCUT2D eigenvalue weighted by Gasteiger charge is -2.02. The minimum atomic E-state index is 0.152. The van der Waals surface area contributed by atoms with Crippen LogP contribution in [0.25, 0.3) is 0 Å². The van der Waals surface area contributed by atoms with Gasteiger partial charge in [-0.05, 0) is 18.0 Å². The van der Waals surface area contributed by atoms with E-state index in [0.29, 0.717) is 17.5 Å². The molecular weight excluding hydrogens is 221 g/mol. The third-order valence-corrected chi connectivity index (χ3v) is 1.83. The molecule has 0 fully saturated rings. The zero-order chi connectivity index (χ0) is 10.4. The Morgan fingerprint density at radius 1 is 1.36 bits per heavy atom. The van der Waals surface area contributed by atoms with Crippen molar-refractivity contribution in [3.8, 4) is 0 Å². The zero-order valence-electron chi connectivity index (χ0n) is 7.80. The van der Waals surface area contributed by atoms with Crippen molar-refractivity contribution in [2.45, 2.75) is 13.3 Å². The smallest absolute Gasteiger partial charge is 0.225 e. The molecule has 0 amide bonds. The molecule has 0 atom stereocenters. The minimum Gasteiger partial charge on any atom is -0.366 e. The number of anilines is 1. The Morgan fingerprint density at radius 3 is 2.79 bits per heavy atom.